The Morgan fingerprint density at radius 1 is 1.09 bits per heavy atom. The highest BCUT2D eigenvalue weighted by Gasteiger charge is 2.19. The van der Waals surface area contributed by atoms with Crippen LogP contribution in [-0.2, 0) is 20.8 Å². The van der Waals surface area contributed by atoms with E-state index >= 15 is 0 Å². The largest absolute Gasteiger partial charge is 0.462 e. The molecule has 0 unspecified atom stereocenters. The van der Waals surface area contributed by atoms with E-state index in [0.717, 1.165) is 55.2 Å². The van der Waals surface area contributed by atoms with Crippen molar-refractivity contribution < 1.29 is 19.2 Å². The normalized spacial score (nSPS) is 21.4. The molecule has 1 saturated carbocycles. The standard InChI is InChI=1S/C27H36N2O4/c1-20-16-21(2)26-22(17-20)18-24(14-8-5-3-4-6-11-15-32-27(26)31)29-33-19-25(30)28-23-12-9-7-10-13-23/h4,6,8,14,16-17,23H,3,5,7,9-13,15,18-19H2,1-2H3,(H,28,30)/b6-4+,14-8+,29-24+. The van der Waals surface area contributed by atoms with E-state index in [1.54, 1.807) is 0 Å². The van der Waals surface area contributed by atoms with Gasteiger partial charge in [-0.3, -0.25) is 4.79 Å². The summed E-state index contributed by atoms with van der Waals surface area (Å²) < 4.78 is 5.52. The van der Waals surface area contributed by atoms with Gasteiger partial charge < -0.3 is 14.9 Å². The van der Waals surface area contributed by atoms with Crippen LogP contribution in [0.25, 0.3) is 0 Å². The van der Waals surface area contributed by atoms with Crippen molar-refractivity contribution in [3.05, 3.63) is 58.7 Å². The second-order valence-corrected chi connectivity index (χ2v) is 8.93. The number of carbonyl (C=O) groups excluding carboxylic acids is 2. The fraction of sp³-hybridized carbons (Fsp3) is 0.519. The number of fused-ring (bicyclic) bond motifs is 1. The van der Waals surface area contributed by atoms with Gasteiger partial charge in [-0.15, -0.1) is 0 Å². The first-order chi connectivity index (χ1) is 16.0. The Bertz CT molecular complexity index is 911. The Morgan fingerprint density at radius 2 is 1.85 bits per heavy atom. The zero-order valence-electron chi connectivity index (χ0n) is 19.9. The van der Waals surface area contributed by atoms with E-state index < -0.39 is 0 Å². The molecule has 1 aromatic rings. The third-order valence-electron chi connectivity index (χ3n) is 5.98. The smallest absolute Gasteiger partial charge is 0.338 e. The summed E-state index contributed by atoms with van der Waals surface area (Å²) in [6, 6.07) is 4.23. The van der Waals surface area contributed by atoms with Gasteiger partial charge in [-0.1, -0.05) is 60.3 Å². The highest BCUT2D eigenvalue weighted by molar-refractivity contribution is 6.00. The van der Waals surface area contributed by atoms with E-state index in [2.05, 4.69) is 22.6 Å². The lowest BCUT2D eigenvalue weighted by Gasteiger charge is -2.22. The lowest BCUT2D eigenvalue weighted by Crippen LogP contribution is -2.38. The number of nitrogens with zero attached hydrogens (tertiary/aromatic N) is 1. The van der Waals surface area contributed by atoms with Crippen molar-refractivity contribution in [3.8, 4) is 0 Å². The van der Waals surface area contributed by atoms with E-state index in [1.807, 2.05) is 38.1 Å². The van der Waals surface area contributed by atoms with Gasteiger partial charge in [0.05, 0.1) is 17.9 Å². The van der Waals surface area contributed by atoms with Crippen molar-refractivity contribution >= 4 is 17.6 Å². The number of esters is 1. The molecule has 0 aromatic heterocycles. The van der Waals surface area contributed by atoms with Crippen molar-refractivity contribution in [2.24, 2.45) is 5.16 Å². The molecule has 0 atom stereocenters. The number of oxime groups is 1. The van der Waals surface area contributed by atoms with Gasteiger partial charge >= 0.3 is 5.97 Å². The van der Waals surface area contributed by atoms with Gasteiger partial charge in [-0.25, -0.2) is 4.79 Å². The van der Waals surface area contributed by atoms with Crippen LogP contribution < -0.4 is 5.32 Å². The molecule has 33 heavy (non-hydrogen) atoms. The van der Waals surface area contributed by atoms with Crippen LogP contribution in [0.1, 0.15) is 78.4 Å². The predicted octanol–water partition coefficient (Wildman–Crippen LogP) is 5.12. The summed E-state index contributed by atoms with van der Waals surface area (Å²) >= 11 is 0. The molecule has 6 heteroatoms. The van der Waals surface area contributed by atoms with Crippen LogP contribution in [-0.4, -0.2) is 36.8 Å². The molecule has 6 nitrogen and oxygen atoms in total. The predicted molar refractivity (Wildman–Crippen MR) is 130 cm³/mol. The average Bonchev–Trinajstić information content (AvgIpc) is 2.77. The molecule has 1 fully saturated rings. The van der Waals surface area contributed by atoms with E-state index in [9.17, 15) is 9.59 Å². The molecule has 3 rings (SSSR count). The molecular formula is C27H36N2O4. The van der Waals surface area contributed by atoms with Crippen LogP contribution in [0.2, 0.25) is 0 Å². The number of ether oxygens (including phenoxy) is 1. The van der Waals surface area contributed by atoms with Crippen molar-refractivity contribution in [3.63, 3.8) is 0 Å². The Kier molecular flexibility index (Phi) is 9.73. The molecule has 1 aliphatic heterocycles. The zero-order valence-corrected chi connectivity index (χ0v) is 19.9. The molecule has 1 aromatic carbocycles. The summed E-state index contributed by atoms with van der Waals surface area (Å²) in [4.78, 5) is 30.5. The van der Waals surface area contributed by atoms with Crippen molar-refractivity contribution in [2.45, 2.75) is 77.7 Å². The van der Waals surface area contributed by atoms with Crippen molar-refractivity contribution in [1.29, 1.82) is 0 Å². The third-order valence-corrected chi connectivity index (χ3v) is 5.98. The lowest BCUT2D eigenvalue weighted by atomic mass is 9.95. The molecule has 0 radical (unpaired) electrons. The minimum absolute atomic E-state index is 0.113. The maximum absolute atomic E-state index is 12.8. The van der Waals surface area contributed by atoms with Gasteiger partial charge in [0.2, 0.25) is 0 Å². The maximum Gasteiger partial charge on any atom is 0.338 e. The fourth-order valence-electron chi connectivity index (χ4n) is 4.43. The Morgan fingerprint density at radius 3 is 2.67 bits per heavy atom. The van der Waals surface area contributed by atoms with Crippen LogP contribution in [0.4, 0.5) is 0 Å². The third kappa shape index (κ3) is 8.19. The van der Waals surface area contributed by atoms with E-state index in [1.165, 1.54) is 6.42 Å². The molecular weight excluding hydrogens is 416 g/mol. The van der Waals surface area contributed by atoms with Crippen LogP contribution in [0.5, 0.6) is 0 Å². The Balaban J connectivity index is 1.75. The highest BCUT2D eigenvalue weighted by atomic mass is 16.6. The molecule has 178 valence electrons. The number of cyclic esters (lactones) is 1. The number of hydrogen-bond donors (Lipinski definition) is 1. The van der Waals surface area contributed by atoms with Crippen LogP contribution in [0.15, 0.2) is 41.6 Å². The quantitative estimate of drug-likeness (QED) is 0.391. The number of nitrogens with one attached hydrogen (secondary N) is 1. The average molecular weight is 453 g/mol. The molecule has 1 heterocycles. The number of allylic oxidation sites excluding steroid dienone is 3. The zero-order chi connectivity index (χ0) is 23.5. The van der Waals surface area contributed by atoms with E-state index in [4.69, 9.17) is 9.57 Å². The van der Waals surface area contributed by atoms with Gasteiger partial charge in [0, 0.05) is 12.5 Å². The number of rotatable bonds is 4. The first-order valence-electron chi connectivity index (χ1n) is 12.1. The topological polar surface area (TPSA) is 77.0 Å². The van der Waals surface area contributed by atoms with Gasteiger partial charge in [-0.2, -0.15) is 0 Å². The SMILES string of the molecule is Cc1cc(C)c2c(c1)CC(=N/OCC(=O)NC1CCCCC1)/C=C/CC/C=C/CCOC2=O. The summed E-state index contributed by atoms with van der Waals surface area (Å²) in [5, 5.41) is 7.31. The van der Waals surface area contributed by atoms with Crippen molar-refractivity contribution in [2.75, 3.05) is 13.2 Å². The number of amides is 1. The Labute approximate surface area is 197 Å². The maximum atomic E-state index is 12.8. The molecule has 1 N–H and O–H groups in total. The van der Waals surface area contributed by atoms with Gasteiger partial charge in [-0.05, 0) is 63.2 Å². The van der Waals surface area contributed by atoms with Crippen LogP contribution in [0, 0.1) is 13.8 Å². The van der Waals surface area contributed by atoms with Crippen LogP contribution in [0.3, 0.4) is 0 Å². The lowest BCUT2D eigenvalue weighted by molar-refractivity contribution is -0.126. The second-order valence-electron chi connectivity index (χ2n) is 8.93. The monoisotopic (exact) mass is 452 g/mol. The van der Waals surface area contributed by atoms with Gasteiger partial charge in [0.25, 0.3) is 5.91 Å². The minimum Gasteiger partial charge on any atom is -0.462 e. The summed E-state index contributed by atoms with van der Waals surface area (Å²) in [5.74, 6) is -0.457. The molecule has 0 bridgehead atoms. The molecule has 0 spiro atoms. The van der Waals surface area contributed by atoms with Crippen molar-refractivity contribution in [1.82, 2.24) is 5.32 Å². The van der Waals surface area contributed by atoms with E-state index in [0.29, 0.717) is 30.7 Å². The van der Waals surface area contributed by atoms with Gasteiger partial charge in [0.1, 0.15) is 0 Å². The number of hydrogen-bond acceptors (Lipinski definition) is 5. The minimum atomic E-state index is -0.316. The number of aryl methyl sites for hydroxylation is 2. The Hall–Kier alpha value is -2.89. The van der Waals surface area contributed by atoms with Crippen LogP contribution >= 0.6 is 0 Å². The fourth-order valence-corrected chi connectivity index (χ4v) is 4.43. The van der Waals surface area contributed by atoms with E-state index in [-0.39, 0.29) is 24.5 Å². The second kappa shape index (κ2) is 13.0. The molecule has 1 amide bonds. The molecule has 0 saturated heterocycles. The molecule has 1 aliphatic carbocycles. The highest BCUT2D eigenvalue weighted by Crippen LogP contribution is 2.21. The summed E-state index contributed by atoms with van der Waals surface area (Å²) in [7, 11) is 0. The number of carbonyl (C=O) groups is 2. The summed E-state index contributed by atoms with van der Waals surface area (Å²) in [5.41, 5.74) is 4.05. The number of benzene rings is 1. The first kappa shape index (κ1) is 24.7. The van der Waals surface area contributed by atoms with Gasteiger partial charge in [0.15, 0.2) is 6.61 Å². The molecule has 2 aliphatic rings. The first-order valence-corrected chi connectivity index (χ1v) is 12.1. The summed E-state index contributed by atoms with van der Waals surface area (Å²) in [6.45, 7) is 4.18. The summed E-state index contributed by atoms with van der Waals surface area (Å²) in [6.07, 6.45) is 16.6.